The standard InChI is InChI=1S/C18H16N4O2/c1-3-14-15(19)9-17(22-18(14)23-4-2)21-13-7-5-12(6-8-13)16-10-20-11-24-16/h1,5-11H,4H2,2H3,(H3,19,21,22). The van der Waals surface area contributed by atoms with E-state index in [1.807, 2.05) is 31.2 Å². The van der Waals surface area contributed by atoms with Crippen molar-refractivity contribution in [2.45, 2.75) is 6.92 Å². The van der Waals surface area contributed by atoms with E-state index in [1.165, 1.54) is 6.39 Å². The number of aromatic nitrogens is 2. The average Bonchev–Trinajstić information content (AvgIpc) is 3.10. The molecule has 2 aromatic heterocycles. The van der Waals surface area contributed by atoms with Gasteiger partial charge in [-0.15, -0.1) is 6.42 Å². The number of terminal acetylenes is 1. The minimum absolute atomic E-state index is 0.348. The first-order valence-electron chi connectivity index (χ1n) is 7.37. The van der Waals surface area contributed by atoms with Crippen LogP contribution < -0.4 is 15.8 Å². The second-order valence-corrected chi connectivity index (χ2v) is 4.92. The highest BCUT2D eigenvalue weighted by molar-refractivity contribution is 5.69. The molecule has 0 saturated heterocycles. The van der Waals surface area contributed by atoms with Crippen molar-refractivity contribution in [3.8, 4) is 29.5 Å². The summed E-state index contributed by atoms with van der Waals surface area (Å²) in [5.74, 6) is 4.12. The van der Waals surface area contributed by atoms with Gasteiger partial charge in [-0.3, -0.25) is 0 Å². The molecular formula is C18H16N4O2. The first kappa shape index (κ1) is 15.4. The molecule has 0 bridgehead atoms. The number of nitrogens with two attached hydrogens (primary N) is 1. The van der Waals surface area contributed by atoms with Gasteiger partial charge < -0.3 is 20.2 Å². The number of ether oxygens (including phenoxy) is 1. The molecule has 6 heteroatoms. The Balaban J connectivity index is 1.84. The van der Waals surface area contributed by atoms with Crippen LogP contribution in [0.15, 0.2) is 47.3 Å². The van der Waals surface area contributed by atoms with Crippen molar-refractivity contribution in [2.24, 2.45) is 0 Å². The van der Waals surface area contributed by atoms with E-state index in [-0.39, 0.29) is 0 Å². The second kappa shape index (κ2) is 6.75. The normalized spacial score (nSPS) is 10.2. The van der Waals surface area contributed by atoms with Crippen LogP contribution in [0, 0.1) is 12.3 Å². The number of nitrogens with zero attached hydrogens (tertiary/aromatic N) is 2. The van der Waals surface area contributed by atoms with Gasteiger partial charge in [-0.2, -0.15) is 4.98 Å². The van der Waals surface area contributed by atoms with Crippen LogP contribution in [0.25, 0.3) is 11.3 Å². The van der Waals surface area contributed by atoms with Crippen LogP contribution in [0.4, 0.5) is 17.2 Å². The molecule has 0 radical (unpaired) electrons. The quantitative estimate of drug-likeness (QED) is 0.700. The fourth-order valence-corrected chi connectivity index (χ4v) is 2.21. The van der Waals surface area contributed by atoms with Gasteiger partial charge in [-0.05, 0) is 31.2 Å². The van der Waals surface area contributed by atoms with E-state index in [0.29, 0.717) is 35.3 Å². The maximum atomic E-state index is 5.98. The van der Waals surface area contributed by atoms with Crippen LogP contribution in [0.1, 0.15) is 12.5 Å². The third-order valence-corrected chi connectivity index (χ3v) is 3.32. The van der Waals surface area contributed by atoms with Crippen molar-refractivity contribution in [2.75, 3.05) is 17.7 Å². The summed E-state index contributed by atoms with van der Waals surface area (Å²) >= 11 is 0. The van der Waals surface area contributed by atoms with E-state index < -0.39 is 0 Å². The Hall–Kier alpha value is -3.46. The lowest BCUT2D eigenvalue weighted by molar-refractivity contribution is 0.326. The van der Waals surface area contributed by atoms with Crippen LogP contribution in [0.3, 0.4) is 0 Å². The van der Waals surface area contributed by atoms with Gasteiger partial charge >= 0.3 is 0 Å². The largest absolute Gasteiger partial charge is 0.477 e. The zero-order valence-electron chi connectivity index (χ0n) is 13.1. The summed E-state index contributed by atoms with van der Waals surface area (Å²) in [4.78, 5) is 8.28. The molecule has 2 heterocycles. The van der Waals surface area contributed by atoms with E-state index in [0.717, 1.165) is 11.3 Å². The molecule has 0 aliphatic heterocycles. The first-order chi connectivity index (χ1) is 11.7. The summed E-state index contributed by atoms with van der Waals surface area (Å²) in [6.45, 7) is 2.32. The van der Waals surface area contributed by atoms with Crippen LogP contribution in [0.5, 0.6) is 5.88 Å². The Morgan fingerprint density at radius 1 is 1.33 bits per heavy atom. The number of hydrogen-bond donors (Lipinski definition) is 2. The predicted octanol–water partition coefficient (Wildman–Crippen LogP) is 3.44. The number of benzene rings is 1. The maximum absolute atomic E-state index is 5.98. The van der Waals surface area contributed by atoms with Crippen molar-refractivity contribution in [1.29, 1.82) is 0 Å². The van der Waals surface area contributed by atoms with Gasteiger partial charge in [0.15, 0.2) is 12.2 Å². The smallest absolute Gasteiger partial charge is 0.233 e. The third kappa shape index (κ3) is 3.15. The highest BCUT2D eigenvalue weighted by Gasteiger charge is 2.10. The molecule has 0 spiro atoms. The number of nitrogen functional groups attached to an aromatic ring is 1. The van der Waals surface area contributed by atoms with Gasteiger partial charge in [0.25, 0.3) is 0 Å². The molecule has 1 aromatic carbocycles. The van der Waals surface area contributed by atoms with E-state index in [9.17, 15) is 0 Å². The Morgan fingerprint density at radius 3 is 2.75 bits per heavy atom. The Bertz CT molecular complexity index is 865. The van der Waals surface area contributed by atoms with Crippen molar-refractivity contribution in [3.63, 3.8) is 0 Å². The zero-order chi connectivity index (χ0) is 16.9. The lowest BCUT2D eigenvalue weighted by atomic mass is 10.1. The summed E-state index contributed by atoms with van der Waals surface area (Å²) < 4.78 is 10.7. The van der Waals surface area contributed by atoms with Crippen LogP contribution in [-0.2, 0) is 0 Å². The van der Waals surface area contributed by atoms with Gasteiger partial charge in [-0.1, -0.05) is 5.92 Å². The number of anilines is 3. The van der Waals surface area contributed by atoms with Gasteiger partial charge in [-0.25, -0.2) is 4.98 Å². The molecule has 0 aliphatic carbocycles. The molecule has 0 fully saturated rings. The van der Waals surface area contributed by atoms with Crippen molar-refractivity contribution >= 4 is 17.2 Å². The van der Waals surface area contributed by atoms with Crippen LogP contribution >= 0.6 is 0 Å². The zero-order valence-corrected chi connectivity index (χ0v) is 13.1. The summed E-state index contributed by atoms with van der Waals surface area (Å²) in [6.07, 6.45) is 8.53. The van der Waals surface area contributed by atoms with Crippen molar-refractivity contribution in [1.82, 2.24) is 9.97 Å². The highest BCUT2D eigenvalue weighted by Crippen LogP contribution is 2.28. The number of hydrogen-bond acceptors (Lipinski definition) is 6. The third-order valence-electron chi connectivity index (χ3n) is 3.32. The average molecular weight is 320 g/mol. The number of nitrogens with one attached hydrogen (secondary N) is 1. The van der Waals surface area contributed by atoms with Gasteiger partial charge in [0.2, 0.25) is 5.88 Å². The highest BCUT2D eigenvalue weighted by atomic mass is 16.5. The lowest BCUT2D eigenvalue weighted by Crippen LogP contribution is -2.04. The summed E-state index contributed by atoms with van der Waals surface area (Å²) in [7, 11) is 0. The number of pyridine rings is 1. The maximum Gasteiger partial charge on any atom is 0.233 e. The topological polar surface area (TPSA) is 86.2 Å². The first-order valence-corrected chi connectivity index (χ1v) is 7.37. The van der Waals surface area contributed by atoms with Gasteiger partial charge in [0, 0.05) is 17.3 Å². The molecule has 3 N–H and O–H groups in total. The summed E-state index contributed by atoms with van der Waals surface area (Å²) in [6, 6.07) is 9.34. The molecule has 120 valence electrons. The number of rotatable bonds is 5. The monoisotopic (exact) mass is 320 g/mol. The van der Waals surface area contributed by atoms with Crippen molar-refractivity contribution in [3.05, 3.63) is 48.5 Å². The minimum Gasteiger partial charge on any atom is -0.477 e. The van der Waals surface area contributed by atoms with E-state index in [4.69, 9.17) is 21.3 Å². The molecule has 0 unspecified atom stereocenters. The lowest BCUT2D eigenvalue weighted by Gasteiger charge is -2.12. The van der Waals surface area contributed by atoms with Crippen LogP contribution in [-0.4, -0.2) is 16.6 Å². The molecule has 0 aliphatic rings. The molecule has 0 atom stereocenters. The molecule has 24 heavy (non-hydrogen) atoms. The van der Waals surface area contributed by atoms with E-state index in [2.05, 4.69) is 21.2 Å². The molecule has 3 rings (SSSR count). The second-order valence-electron chi connectivity index (χ2n) is 4.92. The fourth-order valence-electron chi connectivity index (χ4n) is 2.21. The van der Waals surface area contributed by atoms with Gasteiger partial charge in [0.05, 0.1) is 18.5 Å². The summed E-state index contributed by atoms with van der Waals surface area (Å²) in [5, 5.41) is 3.18. The Labute approximate surface area is 139 Å². The fraction of sp³-hybridized carbons (Fsp3) is 0.111. The van der Waals surface area contributed by atoms with Crippen molar-refractivity contribution < 1.29 is 9.15 Å². The number of oxazole rings is 1. The summed E-state index contributed by atoms with van der Waals surface area (Å²) in [5.41, 5.74) is 8.67. The van der Waals surface area contributed by atoms with E-state index >= 15 is 0 Å². The van der Waals surface area contributed by atoms with Crippen LogP contribution in [0.2, 0.25) is 0 Å². The Morgan fingerprint density at radius 2 is 2.12 bits per heavy atom. The van der Waals surface area contributed by atoms with E-state index in [1.54, 1.807) is 12.3 Å². The molecule has 6 nitrogen and oxygen atoms in total. The predicted molar refractivity (Wildman–Crippen MR) is 93.0 cm³/mol. The molecule has 0 saturated carbocycles. The molecular weight excluding hydrogens is 304 g/mol. The van der Waals surface area contributed by atoms with Gasteiger partial charge in [0.1, 0.15) is 11.4 Å². The SMILES string of the molecule is C#Cc1c(N)cc(Nc2ccc(-c3cnco3)cc2)nc1OCC. The molecule has 3 aromatic rings. The molecule has 0 amide bonds. The minimum atomic E-state index is 0.348. The Kier molecular flexibility index (Phi) is 4.34.